The van der Waals surface area contributed by atoms with Crippen molar-refractivity contribution in [1.82, 2.24) is 9.97 Å². The molecule has 9 heteroatoms. The smallest absolute Gasteiger partial charge is 0.381 e. The predicted octanol–water partition coefficient (Wildman–Crippen LogP) is 5.05. The number of fused-ring (bicyclic) bond motifs is 1. The number of carbonyl (C=O) groups excluding carboxylic acids is 2. The second-order valence-corrected chi connectivity index (χ2v) is 9.78. The maximum absolute atomic E-state index is 11.2. The van der Waals surface area contributed by atoms with Crippen molar-refractivity contribution in [2.75, 3.05) is 13.2 Å². The molecular weight excluding hydrogens is 435 g/mol. The summed E-state index contributed by atoms with van der Waals surface area (Å²) < 4.78 is 16.6. The Morgan fingerprint density at radius 2 is 1.68 bits per heavy atom. The van der Waals surface area contributed by atoms with E-state index < -0.39 is 18.3 Å². The third kappa shape index (κ3) is 7.14. The van der Waals surface area contributed by atoms with Gasteiger partial charge in [0.05, 0.1) is 13.2 Å². The molecule has 1 heterocycles. The fourth-order valence-corrected chi connectivity index (χ4v) is 4.61. The van der Waals surface area contributed by atoms with Gasteiger partial charge in [-0.2, -0.15) is 4.98 Å². The highest BCUT2D eigenvalue weighted by atomic mass is 32.5. The molecule has 0 N–H and O–H groups in total. The van der Waals surface area contributed by atoms with E-state index in [2.05, 4.69) is 9.97 Å². The van der Waals surface area contributed by atoms with Crippen LogP contribution in [0.25, 0.3) is 6.08 Å². The molecular formula is C22H27N2O5PS. The molecule has 0 radical (unpaired) electrons. The summed E-state index contributed by atoms with van der Waals surface area (Å²) in [5.74, 6) is 0.520. The number of nitrogens with zero attached hydrogens (tertiary/aromatic N) is 2. The van der Waals surface area contributed by atoms with Crippen molar-refractivity contribution in [3.05, 3.63) is 59.1 Å². The van der Waals surface area contributed by atoms with Crippen LogP contribution >= 0.6 is 6.72 Å². The molecule has 1 aliphatic rings. The lowest BCUT2D eigenvalue weighted by Gasteiger charge is -2.20. The Balaban J connectivity index is 0.000000242. The monoisotopic (exact) mass is 462 g/mol. The molecule has 0 spiro atoms. The second kappa shape index (κ2) is 11.4. The largest absolute Gasteiger partial charge is 0.406 e. The number of hydrogen-bond acceptors (Lipinski definition) is 8. The van der Waals surface area contributed by atoms with E-state index in [0.29, 0.717) is 24.7 Å². The summed E-state index contributed by atoms with van der Waals surface area (Å²) in [6.45, 7) is 7.78. The zero-order valence-corrected chi connectivity index (χ0v) is 20.0. The van der Waals surface area contributed by atoms with Crippen molar-refractivity contribution in [3.63, 3.8) is 0 Å². The molecule has 0 bridgehead atoms. The maximum atomic E-state index is 11.2. The molecule has 166 valence electrons. The van der Waals surface area contributed by atoms with Crippen LogP contribution in [0.3, 0.4) is 0 Å². The molecule has 0 saturated carbocycles. The molecule has 1 aliphatic carbocycles. The number of rotatable bonds is 7. The van der Waals surface area contributed by atoms with Crippen molar-refractivity contribution in [3.8, 4) is 5.88 Å². The lowest BCUT2D eigenvalue weighted by molar-refractivity contribution is -0.110. The van der Waals surface area contributed by atoms with Gasteiger partial charge in [0.1, 0.15) is 5.82 Å². The first-order chi connectivity index (χ1) is 14.7. The molecule has 2 aromatic rings. The molecule has 0 fully saturated rings. The summed E-state index contributed by atoms with van der Waals surface area (Å²) >= 11 is 5.32. The number of allylic oxidation sites excluding steroid dienone is 1. The Hall–Kier alpha value is -2.25. The van der Waals surface area contributed by atoms with Crippen LogP contribution in [0.4, 0.5) is 0 Å². The number of aryl methyl sites for hydroxylation is 1. The third-order valence-electron chi connectivity index (χ3n) is 3.99. The van der Waals surface area contributed by atoms with Gasteiger partial charge in [-0.25, -0.2) is 4.98 Å². The van der Waals surface area contributed by atoms with Crippen molar-refractivity contribution in [2.24, 2.45) is 0 Å². The third-order valence-corrected chi connectivity index (χ3v) is 6.40. The summed E-state index contributed by atoms with van der Waals surface area (Å²) in [5, 5.41) is 0. The normalized spacial score (nSPS) is 13.0. The predicted molar refractivity (Wildman–Crippen MR) is 124 cm³/mol. The van der Waals surface area contributed by atoms with Gasteiger partial charge in [-0.3, -0.25) is 18.6 Å². The quantitative estimate of drug-likeness (QED) is 0.417. The summed E-state index contributed by atoms with van der Waals surface area (Å²) in [5.41, 5.74) is 2.16. The number of carbonyl (C=O) groups is 2. The molecule has 0 saturated heterocycles. The molecule has 0 atom stereocenters. The van der Waals surface area contributed by atoms with Gasteiger partial charge in [0.2, 0.25) is 17.4 Å². The van der Waals surface area contributed by atoms with Gasteiger partial charge in [-0.05, 0) is 32.4 Å². The molecule has 0 aliphatic heterocycles. The molecule has 7 nitrogen and oxygen atoms in total. The van der Waals surface area contributed by atoms with Crippen LogP contribution < -0.4 is 4.52 Å². The highest BCUT2D eigenvalue weighted by Gasteiger charge is 2.23. The minimum atomic E-state index is -2.77. The molecule has 31 heavy (non-hydrogen) atoms. The Morgan fingerprint density at radius 3 is 2.29 bits per heavy atom. The van der Waals surface area contributed by atoms with Crippen LogP contribution in [0.1, 0.15) is 61.1 Å². The van der Waals surface area contributed by atoms with E-state index in [1.54, 1.807) is 24.3 Å². The fourth-order valence-electron chi connectivity index (χ4n) is 2.61. The molecule has 0 amide bonds. The van der Waals surface area contributed by atoms with Gasteiger partial charge in [0.25, 0.3) is 0 Å². The van der Waals surface area contributed by atoms with Crippen molar-refractivity contribution in [2.45, 2.75) is 40.5 Å². The zero-order chi connectivity index (χ0) is 23.0. The van der Waals surface area contributed by atoms with Crippen LogP contribution in [0.2, 0.25) is 0 Å². The lowest BCUT2D eigenvalue weighted by atomic mass is 9.96. The van der Waals surface area contributed by atoms with E-state index in [-0.39, 0.29) is 5.92 Å². The Labute approximate surface area is 188 Å². The summed E-state index contributed by atoms with van der Waals surface area (Å²) in [7, 11) is 0. The van der Waals surface area contributed by atoms with Crippen LogP contribution in [0, 0.1) is 6.92 Å². The first-order valence-electron chi connectivity index (χ1n) is 9.99. The molecule has 0 unspecified atom stereocenters. The number of hydrogen-bond donors (Lipinski definition) is 0. The van der Waals surface area contributed by atoms with Gasteiger partial charge in [-0.15, -0.1) is 0 Å². The maximum Gasteiger partial charge on any atom is 0.381 e. The lowest BCUT2D eigenvalue weighted by Crippen LogP contribution is -2.15. The molecule has 1 aromatic carbocycles. The van der Waals surface area contributed by atoms with Crippen LogP contribution in [-0.4, -0.2) is 34.7 Å². The van der Waals surface area contributed by atoms with E-state index in [1.165, 1.54) is 6.08 Å². The van der Waals surface area contributed by atoms with Crippen LogP contribution in [0.15, 0.2) is 36.4 Å². The molecule has 3 rings (SSSR count). The summed E-state index contributed by atoms with van der Waals surface area (Å²) in [6.07, 6.45) is 2.98. The van der Waals surface area contributed by atoms with E-state index in [9.17, 15) is 9.59 Å². The van der Waals surface area contributed by atoms with Gasteiger partial charge >= 0.3 is 6.72 Å². The average molecular weight is 463 g/mol. The zero-order valence-electron chi connectivity index (χ0n) is 18.3. The van der Waals surface area contributed by atoms with Crippen molar-refractivity contribution >= 4 is 36.2 Å². The van der Waals surface area contributed by atoms with Gasteiger partial charge in [-0.1, -0.05) is 44.2 Å². The number of aromatic nitrogens is 2. The topological polar surface area (TPSA) is 87.6 Å². The van der Waals surface area contributed by atoms with E-state index in [1.807, 2.05) is 46.8 Å². The fraction of sp³-hybridized carbons (Fsp3) is 0.364. The van der Waals surface area contributed by atoms with Crippen LogP contribution in [0.5, 0.6) is 5.88 Å². The van der Waals surface area contributed by atoms with Gasteiger partial charge in [0, 0.05) is 35.0 Å². The highest BCUT2D eigenvalue weighted by molar-refractivity contribution is 8.07. The van der Waals surface area contributed by atoms with E-state index >= 15 is 0 Å². The highest BCUT2D eigenvalue weighted by Crippen LogP contribution is 2.49. The van der Waals surface area contributed by atoms with Crippen LogP contribution in [-0.2, 0) is 25.6 Å². The van der Waals surface area contributed by atoms with Crippen molar-refractivity contribution in [1.29, 1.82) is 0 Å². The minimum Gasteiger partial charge on any atom is -0.406 e. The Morgan fingerprint density at radius 1 is 1.03 bits per heavy atom. The van der Waals surface area contributed by atoms with E-state index in [4.69, 9.17) is 25.4 Å². The minimum absolute atomic E-state index is 0.222. The van der Waals surface area contributed by atoms with Gasteiger partial charge in [0.15, 0.2) is 0 Å². The number of benzene rings is 1. The second-order valence-electron chi connectivity index (χ2n) is 6.85. The number of Topliss-reactive ketones (excluding diaryl/α,β-unsaturated/α-hetero) is 1. The first kappa shape index (κ1) is 25.0. The Bertz CT molecular complexity index is 1010. The number of ketones is 2. The van der Waals surface area contributed by atoms with Gasteiger partial charge < -0.3 is 4.52 Å². The first-order valence-corrected chi connectivity index (χ1v) is 12.5. The Kier molecular flexibility index (Phi) is 9.19. The summed E-state index contributed by atoms with van der Waals surface area (Å²) in [4.78, 5) is 30.8. The van der Waals surface area contributed by atoms with E-state index in [0.717, 1.165) is 17.1 Å². The van der Waals surface area contributed by atoms with Crippen molar-refractivity contribution < 1.29 is 23.2 Å². The molecule has 1 aromatic heterocycles. The SMILES string of the molecule is CCOP(=S)(OCC)Oc1cc(C)nc(C(C)C)n1.O=C1C=Cc2ccccc2C1=O. The summed E-state index contributed by atoms with van der Waals surface area (Å²) in [6, 6.07) is 8.82. The average Bonchev–Trinajstić information content (AvgIpc) is 2.71. The standard InChI is InChI=1S/C12H21N2O3PS.C10H6O2/c1-6-15-18(19,16-7-2)17-11-8-10(5)13-12(14-11)9(3)4;11-9-6-5-7-3-1-2-4-8(7)10(9)12/h8-9H,6-7H2,1-5H3;1-6H.